The summed E-state index contributed by atoms with van der Waals surface area (Å²) >= 11 is 7.39. The number of aryl methyl sites for hydroxylation is 2. The minimum Gasteiger partial charge on any atom is -0.325 e. The number of carbonyl (C=O) groups excluding carboxylic acids is 1. The van der Waals surface area contributed by atoms with Crippen LogP contribution in [0.15, 0.2) is 46.5 Å². The van der Waals surface area contributed by atoms with E-state index in [2.05, 4.69) is 20.5 Å². The summed E-state index contributed by atoms with van der Waals surface area (Å²) in [4.78, 5) is 30.0. The predicted octanol–water partition coefficient (Wildman–Crippen LogP) is 3.72. The van der Waals surface area contributed by atoms with E-state index in [0.29, 0.717) is 45.0 Å². The van der Waals surface area contributed by atoms with Gasteiger partial charge in [-0.2, -0.15) is 0 Å². The van der Waals surface area contributed by atoms with Crippen LogP contribution in [0.4, 0.5) is 5.69 Å². The highest BCUT2D eigenvalue weighted by molar-refractivity contribution is 7.99. The van der Waals surface area contributed by atoms with Crippen LogP contribution in [-0.4, -0.2) is 35.8 Å². The maximum Gasteiger partial charge on any atom is 0.261 e. The van der Waals surface area contributed by atoms with E-state index in [4.69, 9.17) is 11.6 Å². The molecule has 170 valence electrons. The van der Waals surface area contributed by atoms with Crippen LogP contribution in [0, 0.1) is 20.8 Å². The minimum absolute atomic E-state index is 0.119. The Morgan fingerprint density at radius 1 is 1.18 bits per heavy atom. The average molecular weight is 483 g/mol. The number of nitrogens with zero attached hydrogens (tertiary/aromatic N) is 5. The summed E-state index contributed by atoms with van der Waals surface area (Å²) in [7, 11) is 1.82. The first-order valence-electron chi connectivity index (χ1n) is 10.3. The third kappa shape index (κ3) is 4.79. The lowest BCUT2D eigenvalue weighted by molar-refractivity contribution is -0.113. The smallest absolute Gasteiger partial charge is 0.261 e. The quantitative estimate of drug-likeness (QED) is 0.421. The highest BCUT2D eigenvalue weighted by atomic mass is 35.5. The van der Waals surface area contributed by atoms with Crippen molar-refractivity contribution in [1.82, 2.24) is 24.1 Å². The number of benzene rings is 1. The van der Waals surface area contributed by atoms with E-state index in [-0.39, 0.29) is 17.2 Å². The Kier molecular flexibility index (Phi) is 6.53. The van der Waals surface area contributed by atoms with Crippen LogP contribution in [-0.2, 0) is 18.3 Å². The number of carbonyl (C=O) groups is 1. The SMILES string of the molecule is Cc1ccn2c(=O)c(Cc3nnc(SCC(=O)Nc4cccc(Cl)c4C)n3C)c(C)nc2c1. The van der Waals surface area contributed by atoms with E-state index >= 15 is 0 Å². The van der Waals surface area contributed by atoms with E-state index in [9.17, 15) is 9.59 Å². The van der Waals surface area contributed by atoms with E-state index in [1.54, 1.807) is 27.3 Å². The Bertz CT molecular complexity index is 1430. The van der Waals surface area contributed by atoms with Crippen molar-refractivity contribution >= 4 is 40.6 Å². The largest absolute Gasteiger partial charge is 0.325 e. The van der Waals surface area contributed by atoms with Crippen molar-refractivity contribution in [2.24, 2.45) is 7.05 Å². The minimum atomic E-state index is -0.168. The number of amides is 1. The van der Waals surface area contributed by atoms with Gasteiger partial charge in [0.25, 0.3) is 5.56 Å². The summed E-state index contributed by atoms with van der Waals surface area (Å²) in [6.07, 6.45) is 2.04. The van der Waals surface area contributed by atoms with Crippen molar-refractivity contribution in [2.45, 2.75) is 32.3 Å². The van der Waals surface area contributed by atoms with Gasteiger partial charge in [-0.25, -0.2) is 4.98 Å². The van der Waals surface area contributed by atoms with Gasteiger partial charge in [0.1, 0.15) is 11.5 Å². The molecule has 4 aromatic rings. The van der Waals surface area contributed by atoms with E-state index in [0.717, 1.165) is 11.1 Å². The van der Waals surface area contributed by atoms with Crippen LogP contribution in [0.2, 0.25) is 5.02 Å². The number of hydrogen-bond donors (Lipinski definition) is 1. The molecule has 0 saturated carbocycles. The number of fused-ring (bicyclic) bond motifs is 1. The lowest BCUT2D eigenvalue weighted by Crippen LogP contribution is -2.22. The molecule has 0 aliphatic rings. The van der Waals surface area contributed by atoms with Gasteiger partial charge in [-0.05, 0) is 56.2 Å². The summed E-state index contributed by atoms with van der Waals surface area (Å²) in [5.74, 6) is 0.618. The number of halogens is 1. The normalized spacial score (nSPS) is 11.2. The van der Waals surface area contributed by atoms with Crippen molar-refractivity contribution in [3.63, 3.8) is 0 Å². The third-order valence-corrected chi connectivity index (χ3v) is 6.85. The molecule has 33 heavy (non-hydrogen) atoms. The van der Waals surface area contributed by atoms with Crippen LogP contribution >= 0.6 is 23.4 Å². The number of rotatable bonds is 6. The van der Waals surface area contributed by atoms with Crippen molar-refractivity contribution in [3.05, 3.63) is 80.1 Å². The number of nitrogens with one attached hydrogen (secondary N) is 1. The Balaban J connectivity index is 1.48. The van der Waals surface area contributed by atoms with Gasteiger partial charge in [0.2, 0.25) is 5.91 Å². The number of pyridine rings is 1. The molecule has 0 bridgehead atoms. The topological polar surface area (TPSA) is 94.2 Å². The molecule has 10 heteroatoms. The zero-order chi connectivity index (χ0) is 23.7. The fraction of sp³-hybridized carbons (Fsp3) is 0.261. The molecule has 0 unspecified atom stereocenters. The second-order valence-electron chi connectivity index (χ2n) is 7.80. The van der Waals surface area contributed by atoms with Crippen LogP contribution in [0.25, 0.3) is 5.65 Å². The molecule has 0 fully saturated rings. The van der Waals surface area contributed by atoms with Gasteiger partial charge >= 0.3 is 0 Å². The first-order chi connectivity index (χ1) is 15.7. The molecule has 0 saturated heterocycles. The molecule has 3 aromatic heterocycles. The van der Waals surface area contributed by atoms with Gasteiger partial charge in [0.15, 0.2) is 5.16 Å². The number of thioether (sulfide) groups is 1. The first-order valence-corrected chi connectivity index (χ1v) is 11.7. The van der Waals surface area contributed by atoms with Gasteiger partial charge in [0.05, 0.1) is 5.75 Å². The van der Waals surface area contributed by atoms with Crippen LogP contribution < -0.4 is 10.9 Å². The van der Waals surface area contributed by atoms with Gasteiger partial charge in [-0.15, -0.1) is 10.2 Å². The fourth-order valence-electron chi connectivity index (χ4n) is 3.43. The number of anilines is 1. The zero-order valence-corrected chi connectivity index (χ0v) is 20.3. The molecular formula is C23H23ClN6O2S. The molecule has 3 heterocycles. The maximum atomic E-state index is 13.0. The summed E-state index contributed by atoms with van der Waals surface area (Å²) in [5.41, 5.74) is 4.28. The monoisotopic (exact) mass is 482 g/mol. The molecular weight excluding hydrogens is 460 g/mol. The summed E-state index contributed by atoms with van der Waals surface area (Å²) in [6, 6.07) is 9.14. The Morgan fingerprint density at radius 2 is 1.97 bits per heavy atom. The fourth-order valence-corrected chi connectivity index (χ4v) is 4.34. The first kappa shape index (κ1) is 23.0. The molecule has 4 rings (SSSR count). The molecule has 0 aliphatic carbocycles. The van der Waals surface area contributed by atoms with E-state index < -0.39 is 0 Å². The number of hydrogen-bond acceptors (Lipinski definition) is 6. The summed E-state index contributed by atoms with van der Waals surface area (Å²) in [6.45, 7) is 5.64. The molecule has 1 N–H and O–H groups in total. The zero-order valence-electron chi connectivity index (χ0n) is 18.7. The van der Waals surface area contributed by atoms with E-state index in [1.807, 2.05) is 46.0 Å². The van der Waals surface area contributed by atoms with Crippen molar-refractivity contribution < 1.29 is 4.79 Å². The molecule has 0 aliphatic heterocycles. The Morgan fingerprint density at radius 3 is 2.76 bits per heavy atom. The average Bonchev–Trinajstić information content (AvgIpc) is 3.12. The number of aromatic nitrogens is 5. The molecule has 0 radical (unpaired) electrons. The van der Waals surface area contributed by atoms with Crippen LogP contribution in [0.3, 0.4) is 0 Å². The van der Waals surface area contributed by atoms with Gasteiger partial charge in [-0.1, -0.05) is 29.4 Å². The van der Waals surface area contributed by atoms with Crippen LogP contribution in [0.5, 0.6) is 0 Å². The lowest BCUT2D eigenvalue weighted by Gasteiger charge is -2.10. The van der Waals surface area contributed by atoms with Crippen molar-refractivity contribution in [3.8, 4) is 0 Å². The molecule has 0 spiro atoms. The second kappa shape index (κ2) is 9.36. The highest BCUT2D eigenvalue weighted by Crippen LogP contribution is 2.24. The second-order valence-corrected chi connectivity index (χ2v) is 9.15. The third-order valence-electron chi connectivity index (χ3n) is 5.42. The van der Waals surface area contributed by atoms with Crippen molar-refractivity contribution in [2.75, 3.05) is 11.1 Å². The van der Waals surface area contributed by atoms with Gasteiger partial charge < -0.3 is 9.88 Å². The van der Waals surface area contributed by atoms with Gasteiger partial charge in [-0.3, -0.25) is 14.0 Å². The Hall–Kier alpha value is -3.17. The molecule has 8 nitrogen and oxygen atoms in total. The standard InChI is InChI=1S/C23H23ClN6O2S/c1-13-8-9-30-19(10-13)25-15(3)16(22(30)32)11-20-27-28-23(29(20)4)33-12-21(31)26-18-7-5-6-17(24)14(18)2/h5-10H,11-12H2,1-4H3,(H,26,31). The Labute approximate surface area is 200 Å². The molecule has 1 aromatic carbocycles. The molecule has 0 atom stereocenters. The summed E-state index contributed by atoms with van der Waals surface area (Å²) in [5, 5.41) is 12.5. The maximum absolute atomic E-state index is 13.0. The summed E-state index contributed by atoms with van der Waals surface area (Å²) < 4.78 is 3.34. The van der Waals surface area contributed by atoms with Crippen LogP contribution in [0.1, 0.15) is 28.2 Å². The van der Waals surface area contributed by atoms with Crippen molar-refractivity contribution in [1.29, 1.82) is 0 Å². The highest BCUT2D eigenvalue weighted by Gasteiger charge is 2.17. The van der Waals surface area contributed by atoms with E-state index in [1.165, 1.54) is 11.8 Å². The predicted molar refractivity (Wildman–Crippen MR) is 130 cm³/mol. The lowest BCUT2D eigenvalue weighted by atomic mass is 10.1. The van der Waals surface area contributed by atoms with Gasteiger partial charge in [0, 0.05) is 41.6 Å². The molecule has 1 amide bonds.